The molecule has 0 unspecified atom stereocenters. The van der Waals surface area contributed by atoms with Crippen LogP contribution in [0.3, 0.4) is 0 Å². The van der Waals surface area contributed by atoms with Crippen molar-refractivity contribution < 1.29 is 16.8 Å². The lowest BCUT2D eigenvalue weighted by molar-refractivity contribution is 0.101. The number of nitrogens with zero attached hydrogens (tertiary/aromatic N) is 8. The lowest BCUT2D eigenvalue weighted by atomic mass is 10.1. The average Bonchev–Trinajstić information content (AvgIpc) is 3.52. The van der Waals surface area contributed by atoms with Gasteiger partial charge in [-0.15, -0.1) is 11.3 Å². The van der Waals surface area contributed by atoms with Crippen molar-refractivity contribution in [2.75, 3.05) is 34.5 Å². The number of hydrogen-bond donors (Lipinski definition) is 2. The predicted octanol–water partition coefficient (Wildman–Crippen LogP) is 7.09. The molecule has 2 N–H and O–H groups in total. The van der Waals surface area contributed by atoms with Crippen LogP contribution in [0.4, 0.5) is 38.1 Å². The summed E-state index contributed by atoms with van der Waals surface area (Å²) in [6.45, 7) is 3.79. The second-order valence-corrected chi connectivity index (χ2v) is 11.3. The maximum atomic E-state index is 14.0. The highest BCUT2D eigenvalue weighted by Crippen LogP contribution is 2.26. The molecule has 2 aromatic carbocycles. The van der Waals surface area contributed by atoms with Gasteiger partial charge in [-0.05, 0) is 67.9 Å². The molecule has 0 aliphatic carbocycles. The van der Waals surface area contributed by atoms with Gasteiger partial charge in [-0.1, -0.05) is 6.07 Å². The summed E-state index contributed by atoms with van der Waals surface area (Å²) in [6, 6.07) is 15.1. The van der Waals surface area contributed by atoms with E-state index in [0.717, 1.165) is 22.6 Å². The van der Waals surface area contributed by atoms with Gasteiger partial charge < -0.3 is 15.1 Å². The predicted molar refractivity (Wildman–Crippen MR) is 189 cm³/mol. The second kappa shape index (κ2) is 15.4. The third-order valence-corrected chi connectivity index (χ3v) is 7.77. The smallest absolute Gasteiger partial charge is 0.257 e. The zero-order valence-corrected chi connectivity index (χ0v) is 27.3. The normalized spacial score (nSPS) is 10.4. The Morgan fingerprint density at radius 3 is 2.00 bits per heavy atom. The van der Waals surface area contributed by atoms with Gasteiger partial charge >= 0.3 is 0 Å². The van der Waals surface area contributed by atoms with E-state index in [4.69, 9.17) is 0 Å². The highest BCUT2D eigenvalue weighted by atomic mass is 32.1. The Labute approximate surface area is 283 Å². The molecule has 0 bridgehead atoms. The van der Waals surface area contributed by atoms with Crippen molar-refractivity contribution in [3.8, 4) is 0 Å². The van der Waals surface area contributed by atoms with E-state index in [1.807, 2.05) is 55.4 Å². The molecule has 0 atom stereocenters. The summed E-state index contributed by atoms with van der Waals surface area (Å²) >= 11 is 1.41. The van der Waals surface area contributed by atoms with Gasteiger partial charge in [0.15, 0.2) is 5.13 Å². The van der Waals surface area contributed by atoms with E-state index < -0.39 is 11.7 Å². The monoisotopic (exact) mass is 666 g/mol. The molecule has 4 heterocycles. The molecule has 12 nitrogen and oxygen atoms in total. The van der Waals surface area contributed by atoms with E-state index in [9.17, 15) is 14.0 Å². The van der Waals surface area contributed by atoms with E-state index >= 15 is 0 Å². The molecular weight excluding hydrogens is 632 g/mol. The van der Waals surface area contributed by atoms with Crippen molar-refractivity contribution >= 4 is 56.9 Å². The molecule has 0 aliphatic rings. The van der Waals surface area contributed by atoms with Crippen molar-refractivity contribution in [3.63, 3.8) is 0 Å². The highest BCUT2D eigenvalue weighted by Gasteiger charge is 2.14. The first kappa shape index (κ1) is 33.2. The van der Waals surface area contributed by atoms with Crippen LogP contribution in [0.2, 0.25) is 0 Å². The standard InChI is InChI=1S/C18H16FN5O.C16H15N5OS.2H2/c1-12-3-4-22-17(5-12)23-18(25)13-6-14(19)8-15(7-13)24(2)16-9-20-11-21-10-16;1-11-9-23-16(19-11)20-15(22)12-4-3-5-13(6-12)21(2)14-7-17-10-18-8-14;;/h3-11H,1-2H3,(H,22,23,25);3-10H,1-2H3,(H,19,20,22);2*1H. The third-order valence-electron chi connectivity index (χ3n) is 6.89. The fourth-order valence-electron chi connectivity index (χ4n) is 4.36. The van der Waals surface area contributed by atoms with E-state index in [-0.39, 0.29) is 14.3 Å². The highest BCUT2D eigenvalue weighted by molar-refractivity contribution is 7.13. The van der Waals surface area contributed by atoms with Gasteiger partial charge in [0.2, 0.25) is 0 Å². The average molecular weight is 667 g/mol. The number of rotatable bonds is 8. The number of pyridine rings is 1. The quantitative estimate of drug-likeness (QED) is 0.173. The fourth-order valence-corrected chi connectivity index (χ4v) is 5.04. The number of hydrogen-bond acceptors (Lipinski definition) is 11. The van der Waals surface area contributed by atoms with Crippen LogP contribution in [0.25, 0.3) is 0 Å². The summed E-state index contributed by atoms with van der Waals surface area (Å²) in [7, 11) is 3.65. The van der Waals surface area contributed by atoms with Gasteiger partial charge in [0.05, 0.1) is 41.9 Å². The molecule has 0 spiro atoms. The number of benzene rings is 2. The zero-order chi connectivity index (χ0) is 34.0. The third kappa shape index (κ3) is 8.76. The molecule has 0 fully saturated rings. The van der Waals surface area contributed by atoms with Gasteiger partial charge in [0.25, 0.3) is 11.8 Å². The lowest BCUT2D eigenvalue weighted by Crippen LogP contribution is -2.15. The number of aryl methyl sites for hydroxylation is 2. The molecule has 6 rings (SSSR count). The molecule has 48 heavy (non-hydrogen) atoms. The topological polar surface area (TPSA) is 142 Å². The maximum absolute atomic E-state index is 14.0. The van der Waals surface area contributed by atoms with Crippen molar-refractivity contribution in [1.29, 1.82) is 0 Å². The summed E-state index contributed by atoms with van der Waals surface area (Å²) in [5.74, 6) is -0.709. The maximum Gasteiger partial charge on any atom is 0.257 e. The molecule has 6 aromatic rings. The first-order chi connectivity index (χ1) is 23.2. The van der Waals surface area contributed by atoms with Crippen molar-refractivity contribution in [2.45, 2.75) is 13.8 Å². The summed E-state index contributed by atoms with van der Waals surface area (Å²) in [4.78, 5) is 52.6. The van der Waals surface area contributed by atoms with E-state index in [1.54, 1.807) is 61.1 Å². The Kier molecular flexibility index (Phi) is 10.7. The van der Waals surface area contributed by atoms with Crippen LogP contribution < -0.4 is 20.4 Å². The summed E-state index contributed by atoms with van der Waals surface area (Å²) in [5, 5.41) is 7.98. The number of carbonyl (C=O) groups is 2. The van der Waals surface area contributed by atoms with Crippen molar-refractivity contribution in [3.05, 3.63) is 132 Å². The Bertz CT molecular complexity index is 2020. The number of aromatic nitrogens is 6. The number of halogens is 1. The zero-order valence-electron chi connectivity index (χ0n) is 26.5. The van der Waals surface area contributed by atoms with Crippen LogP contribution in [0.1, 0.15) is 34.8 Å². The fraction of sp³-hybridized carbons (Fsp3) is 0.118. The molecule has 0 aliphatic heterocycles. The van der Waals surface area contributed by atoms with Gasteiger partial charge in [-0.2, -0.15) is 0 Å². The van der Waals surface area contributed by atoms with Gasteiger partial charge in [0, 0.05) is 51.0 Å². The minimum Gasteiger partial charge on any atom is -0.342 e. The Morgan fingerprint density at radius 2 is 1.38 bits per heavy atom. The Morgan fingerprint density at radius 1 is 0.750 bits per heavy atom. The Balaban J connectivity index is 0.000000261. The number of amides is 2. The largest absolute Gasteiger partial charge is 0.342 e. The molecule has 0 radical (unpaired) electrons. The lowest BCUT2D eigenvalue weighted by Gasteiger charge is -2.19. The van der Waals surface area contributed by atoms with Gasteiger partial charge in [-0.3, -0.25) is 14.9 Å². The Hall–Kier alpha value is -6.15. The number of carbonyl (C=O) groups excluding carboxylic acids is 2. The molecule has 246 valence electrons. The van der Waals surface area contributed by atoms with Crippen LogP contribution >= 0.6 is 11.3 Å². The van der Waals surface area contributed by atoms with E-state index in [0.29, 0.717) is 27.9 Å². The van der Waals surface area contributed by atoms with Crippen LogP contribution in [-0.2, 0) is 0 Å². The van der Waals surface area contributed by atoms with E-state index in [1.165, 1.54) is 36.1 Å². The molecule has 14 heteroatoms. The first-order valence-corrected chi connectivity index (χ1v) is 15.4. The van der Waals surface area contributed by atoms with Crippen LogP contribution in [-0.4, -0.2) is 55.8 Å². The molecular formula is C34H35FN10O2S. The number of nitrogens with one attached hydrogen (secondary N) is 2. The van der Waals surface area contributed by atoms with Crippen LogP contribution in [0.5, 0.6) is 0 Å². The minimum absolute atomic E-state index is 0. The molecule has 4 aromatic heterocycles. The minimum atomic E-state index is -0.511. The first-order valence-electron chi connectivity index (χ1n) is 14.5. The number of thiazole rings is 1. The molecule has 2 amide bonds. The second-order valence-electron chi connectivity index (χ2n) is 10.5. The van der Waals surface area contributed by atoms with Gasteiger partial charge in [0.1, 0.15) is 24.3 Å². The molecule has 0 saturated carbocycles. The van der Waals surface area contributed by atoms with Crippen LogP contribution in [0, 0.1) is 19.7 Å². The molecule has 0 saturated heterocycles. The number of anilines is 6. The van der Waals surface area contributed by atoms with Gasteiger partial charge in [-0.25, -0.2) is 34.3 Å². The summed E-state index contributed by atoms with van der Waals surface area (Å²) in [6.07, 6.45) is 11.2. The summed E-state index contributed by atoms with van der Waals surface area (Å²) < 4.78 is 14.0. The van der Waals surface area contributed by atoms with E-state index in [2.05, 4.69) is 40.5 Å². The van der Waals surface area contributed by atoms with Crippen LogP contribution in [0.15, 0.2) is 104 Å². The summed E-state index contributed by atoms with van der Waals surface area (Å²) in [5.41, 5.74) is 5.54. The van der Waals surface area contributed by atoms with Crippen molar-refractivity contribution in [1.82, 2.24) is 29.9 Å². The SMILES string of the molecule is Cc1ccnc(NC(=O)c2cc(F)cc(N(C)c3cncnc3)c2)c1.Cc1csc(NC(=O)c2cccc(N(C)c3cncnc3)c2)n1.[HH].[HH]. The van der Waals surface area contributed by atoms with Crippen molar-refractivity contribution in [2.24, 2.45) is 0 Å².